The summed E-state index contributed by atoms with van der Waals surface area (Å²) in [6.07, 6.45) is 0. The third-order valence-corrected chi connectivity index (χ3v) is 3.05. The number of benzene rings is 1. The van der Waals surface area contributed by atoms with Crippen LogP contribution in [-0.2, 0) is 4.79 Å². The molecule has 0 aliphatic rings. The van der Waals surface area contributed by atoms with E-state index < -0.39 is 0 Å². The summed E-state index contributed by atoms with van der Waals surface area (Å²) in [5.74, 6) is 1.06. The SMILES string of the molecule is CC(C)NC(=O)COc1ccc(C(C)C)cc1Br. The van der Waals surface area contributed by atoms with Gasteiger partial charge in [0.1, 0.15) is 5.75 Å². The molecule has 0 saturated carbocycles. The highest BCUT2D eigenvalue weighted by molar-refractivity contribution is 9.10. The summed E-state index contributed by atoms with van der Waals surface area (Å²) in [6, 6.07) is 6.07. The molecule has 0 fully saturated rings. The number of hydrogen-bond donors (Lipinski definition) is 1. The minimum Gasteiger partial charge on any atom is -0.483 e. The van der Waals surface area contributed by atoms with Gasteiger partial charge in [-0.3, -0.25) is 4.79 Å². The molecule has 0 unspecified atom stereocenters. The number of nitrogens with one attached hydrogen (secondary N) is 1. The minimum atomic E-state index is -0.107. The van der Waals surface area contributed by atoms with Gasteiger partial charge < -0.3 is 10.1 Å². The van der Waals surface area contributed by atoms with E-state index in [1.165, 1.54) is 5.56 Å². The number of carbonyl (C=O) groups excluding carboxylic acids is 1. The van der Waals surface area contributed by atoms with Crippen LogP contribution < -0.4 is 10.1 Å². The second-order valence-corrected chi connectivity index (χ2v) is 5.71. The topological polar surface area (TPSA) is 38.3 Å². The minimum absolute atomic E-state index is 0.0395. The maximum absolute atomic E-state index is 11.5. The van der Waals surface area contributed by atoms with E-state index in [9.17, 15) is 4.79 Å². The van der Waals surface area contributed by atoms with E-state index in [1.54, 1.807) is 0 Å². The fourth-order valence-electron chi connectivity index (χ4n) is 1.50. The van der Waals surface area contributed by atoms with Crippen LogP contribution in [0.25, 0.3) is 0 Å². The molecule has 1 N–H and O–H groups in total. The van der Waals surface area contributed by atoms with Crippen molar-refractivity contribution in [2.75, 3.05) is 6.61 Å². The van der Waals surface area contributed by atoms with Gasteiger partial charge in [0.25, 0.3) is 5.91 Å². The third kappa shape index (κ3) is 4.69. The molecular formula is C14H20BrNO2. The third-order valence-electron chi connectivity index (χ3n) is 2.43. The monoisotopic (exact) mass is 313 g/mol. The van der Waals surface area contributed by atoms with Crippen LogP contribution in [0, 0.1) is 0 Å². The summed E-state index contributed by atoms with van der Waals surface area (Å²) >= 11 is 3.46. The van der Waals surface area contributed by atoms with Crippen molar-refractivity contribution in [3.8, 4) is 5.75 Å². The molecule has 0 aliphatic carbocycles. The Morgan fingerprint density at radius 1 is 1.33 bits per heavy atom. The van der Waals surface area contributed by atoms with Gasteiger partial charge in [-0.15, -0.1) is 0 Å². The summed E-state index contributed by atoms with van der Waals surface area (Å²) in [7, 11) is 0. The van der Waals surface area contributed by atoms with E-state index >= 15 is 0 Å². The first kappa shape index (κ1) is 15.0. The number of amides is 1. The summed E-state index contributed by atoms with van der Waals surface area (Å²) in [4.78, 5) is 11.5. The number of carbonyl (C=O) groups is 1. The standard InChI is InChI=1S/C14H20BrNO2/c1-9(2)11-5-6-13(12(15)7-11)18-8-14(17)16-10(3)4/h5-7,9-10H,8H2,1-4H3,(H,16,17). The van der Waals surface area contributed by atoms with Crippen molar-refractivity contribution >= 4 is 21.8 Å². The number of hydrogen-bond acceptors (Lipinski definition) is 2. The zero-order valence-corrected chi connectivity index (χ0v) is 12.9. The van der Waals surface area contributed by atoms with E-state index in [0.717, 1.165) is 4.47 Å². The van der Waals surface area contributed by atoms with Gasteiger partial charge in [0.2, 0.25) is 0 Å². The molecule has 0 heterocycles. The average Bonchev–Trinajstić information content (AvgIpc) is 2.26. The second-order valence-electron chi connectivity index (χ2n) is 4.86. The van der Waals surface area contributed by atoms with Crippen molar-refractivity contribution in [1.82, 2.24) is 5.32 Å². The van der Waals surface area contributed by atoms with Crippen molar-refractivity contribution in [3.05, 3.63) is 28.2 Å². The molecule has 1 rings (SSSR count). The van der Waals surface area contributed by atoms with Crippen LogP contribution >= 0.6 is 15.9 Å². The molecule has 0 aromatic heterocycles. The lowest BCUT2D eigenvalue weighted by atomic mass is 10.0. The van der Waals surface area contributed by atoms with Crippen LogP contribution in [-0.4, -0.2) is 18.6 Å². The molecule has 3 nitrogen and oxygen atoms in total. The Morgan fingerprint density at radius 3 is 2.50 bits per heavy atom. The van der Waals surface area contributed by atoms with Crippen molar-refractivity contribution in [3.63, 3.8) is 0 Å². The molecule has 0 atom stereocenters. The Hall–Kier alpha value is -1.03. The molecule has 0 aliphatic heterocycles. The smallest absolute Gasteiger partial charge is 0.258 e. The van der Waals surface area contributed by atoms with Gasteiger partial charge in [-0.2, -0.15) is 0 Å². The van der Waals surface area contributed by atoms with Gasteiger partial charge in [0.15, 0.2) is 6.61 Å². The average molecular weight is 314 g/mol. The van der Waals surface area contributed by atoms with Gasteiger partial charge in [0, 0.05) is 6.04 Å². The number of rotatable bonds is 5. The Kier molecular flexibility index (Phi) is 5.66. The van der Waals surface area contributed by atoms with Crippen LogP contribution in [0.1, 0.15) is 39.2 Å². The Bertz CT molecular complexity index is 416. The first-order valence-electron chi connectivity index (χ1n) is 6.11. The quantitative estimate of drug-likeness (QED) is 0.903. The molecule has 0 radical (unpaired) electrons. The van der Waals surface area contributed by atoms with Gasteiger partial charge in [-0.05, 0) is 53.4 Å². The first-order valence-corrected chi connectivity index (χ1v) is 6.91. The highest BCUT2D eigenvalue weighted by Crippen LogP contribution is 2.28. The molecule has 0 spiro atoms. The predicted molar refractivity (Wildman–Crippen MR) is 77.0 cm³/mol. The van der Waals surface area contributed by atoms with Crippen LogP contribution in [0.15, 0.2) is 22.7 Å². The lowest BCUT2D eigenvalue weighted by molar-refractivity contribution is -0.123. The maximum atomic E-state index is 11.5. The zero-order chi connectivity index (χ0) is 13.7. The summed E-state index contributed by atoms with van der Waals surface area (Å²) < 4.78 is 6.36. The highest BCUT2D eigenvalue weighted by atomic mass is 79.9. The van der Waals surface area contributed by atoms with Crippen LogP contribution in [0.5, 0.6) is 5.75 Å². The maximum Gasteiger partial charge on any atom is 0.258 e. The van der Waals surface area contributed by atoms with Crippen molar-refractivity contribution in [1.29, 1.82) is 0 Å². The van der Waals surface area contributed by atoms with Crippen LogP contribution in [0.2, 0.25) is 0 Å². The van der Waals surface area contributed by atoms with Gasteiger partial charge >= 0.3 is 0 Å². The summed E-state index contributed by atoms with van der Waals surface area (Å²) in [6.45, 7) is 8.16. The fraction of sp³-hybridized carbons (Fsp3) is 0.500. The molecule has 4 heteroatoms. The molecule has 1 amide bonds. The summed E-state index contributed by atoms with van der Waals surface area (Å²) in [5, 5.41) is 2.78. The molecular weight excluding hydrogens is 294 g/mol. The Balaban J connectivity index is 2.60. The fourth-order valence-corrected chi connectivity index (χ4v) is 2.01. The lowest BCUT2D eigenvalue weighted by Gasteiger charge is -2.12. The molecule has 1 aromatic carbocycles. The first-order chi connectivity index (χ1) is 8.40. The number of ether oxygens (including phenoxy) is 1. The molecule has 100 valence electrons. The van der Waals surface area contributed by atoms with Crippen molar-refractivity contribution < 1.29 is 9.53 Å². The zero-order valence-electron chi connectivity index (χ0n) is 11.3. The van der Waals surface area contributed by atoms with E-state index in [2.05, 4.69) is 35.1 Å². The van der Waals surface area contributed by atoms with Crippen LogP contribution in [0.3, 0.4) is 0 Å². The normalized spacial score (nSPS) is 10.8. The van der Waals surface area contributed by atoms with Gasteiger partial charge in [-0.1, -0.05) is 19.9 Å². The highest BCUT2D eigenvalue weighted by Gasteiger charge is 2.08. The molecule has 18 heavy (non-hydrogen) atoms. The summed E-state index contributed by atoms with van der Waals surface area (Å²) in [5.41, 5.74) is 1.24. The van der Waals surface area contributed by atoms with Gasteiger partial charge in [-0.25, -0.2) is 0 Å². The van der Waals surface area contributed by atoms with E-state index in [0.29, 0.717) is 11.7 Å². The number of halogens is 1. The van der Waals surface area contributed by atoms with E-state index in [4.69, 9.17) is 4.74 Å². The predicted octanol–water partition coefficient (Wildman–Crippen LogP) is 3.48. The van der Waals surface area contributed by atoms with Gasteiger partial charge in [0.05, 0.1) is 4.47 Å². The van der Waals surface area contributed by atoms with E-state index in [1.807, 2.05) is 32.0 Å². The van der Waals surface area contributed by atoms with Crippen molar-refractivity contribution in [2.24, 2.45) is 0 Å². The Labute approximate surface area is 117 Å². The molecule has 1 aromatic rings. The lowest BCUT2D eigenvalue weighted by Crippen LogP contribution is -2.34. The van der Waals surface area contributed by atoms with Crippen LogP contribution in [0.4, 0.5) is 0 Å². The van der Waals surface area contributed by atoms with Crippen molar-refractivity contribution in [2.45, 2.75) is 39.7 Å². The largest absolute Gasteiger partial charge is 0.483 e. The second kappa shape index (κ2) is 6.78. The molecule has 0 bridgehead atoms. The molecule has 0 saturated heterocycles. The Morgan fingerprint density at radius 2 is 2.00 bits per heavy atom. The van der Waals surface area contributed by atoms with E-state index in [-0.39, 0.29) is 18.6 Å².